The van der Waals surface area contributed by atoms with Gasteiger partial charge in [0.05, 0.1) is 6.42 Å². The first-order valence-corrected chi connectivity index (χ1v) is 5.72. The van der Waals surface area contributed by atoms with Gasteiger partial charge in [0, 0.05) is 17.6 Å². The highest BCUT2D eigenvalue weighted by Crippen LogP contribution is 2.12. The van der Waals surface area contributed by atoms with E-state index in [9.17, 15) is 9.59 Å². The van der Waals surface area contributed by atoms with Crippen molar-refractivity contribution in [2.75, 3.05) is 5.32 Å². The Kier molecular flexibility index (Phi) is 4.44. The summed E-state index contributed by atoms with van der Waals surface area (Å²) in [6, 6.07) is 6.99. The minimum atomic E-state index is -0.532. The second kappa shape index (κ2) is 5.64. The Morgan fingerprint density at radius 3 is 2.22 bits per heavy atom. The van der Waals surface area contributed by atoms with Crippen molar-refractivity contribution < 1.29 is 9.59 Å². The molecule has 0 aliphatic heterocycles. The summed E-state index contributed by atoms with van der Waals surface area (Å²) in [6.07, 6.45) is 0.445. The largest absolute Gasteiger partial charge is 0.369 e. The zero-order chi connectivity index (χ0) is 13.8. The van der Waals surface area contributed by atoms with Crippen LogP contribution < -0.4 is 16.8 Å². The summed E-state index contributed by atoms with van der Waals surface area (Å²) in [7, 11) is 0. The molecule has 0 aliphatic rings. The van der Waals surface area contributed by atoms with Gasteiger partial charge in [-0.2, -0.15) is 0 Å². The van der Waals surface area contributed by atoms with Crippen molar-refractivity contribution in [1.82, 2.24) is 0 Å². The quantitative estimate of drug-likeness (QED) is 0.719. The van der Waals surface area contributed by atoms with Gasteiger partial charge in [-0.05, 0) is 31.5 Å². The fourth-order valence-corrected chi connectivity index (χ4v) is 1.53. The van der Waals surface area contributed by atoms with Gasteiger partial charge in [-0.3, -0.25) is 9.59 Å². The highest BCUT2D eigenvalue weighted by Gasteiger charge is 2.16. The first-order chi connectivity index (χ1) is 8.26. The Hall–Kier alpha value is -1.88. The minimum absolute atomic E-state index is 0.134. The lowest BCUT2D eigenvalue weighted by Gasteiger charge is -2.17. The zero-order valence-electron chi connectivity index (χ0n) is 10.7. The number of amides is 2. The summed E-state index contributed by atoms with van der Waals surface area (Å²) in [6.45, 7) is 3.59. The number of rotatable bonds is 5. The van der Waals surface area contributed by atoms with Gasteiger partial charge in [0.25, 0.3) is 0 Å². The second-order valence-corrected chi connectivity index (χ2v) is 5.05. The molecule has 0 bridgehead atoms. The van der Waals surface area contributed by atoms with Crippen LogP contribution in [0.25, 0.3) is 0 Å². The summed E-state index contributed by atoms with van der Waals surface area (Å²) >= 11 is 0. The van der Waals surface area contributed by atoms with E-state index in [2.05, 4.69) is 5.32 Å². The Bertz CT molecular complexity index is 433. The molecule has 0 saturated heterocycles. The molecule has 18 heavy (non-hydrogen) atoms. The number of carbonyl (C=O) groups excluding carboxylic acids is 2. The number of hydrogen-bond donors (Lipinski definition) is 3. The monoisotopic (exact) mass is 249 g/mol. The van der Waals surface area contributed by atoms with Crippen LogP contribution in [-0.2, 0) is 16.0 Å². The molecule has 0 unspecified atom stereocenters. The number of nitrogens with one attached hydrogen (secondary N) is 1. The third-order valence-corrected chi connectivity index (χ3v) is 2.23. The smallest absolute Gasteiger partial charge is 0.226 e. The molecule has 0 saturated carbocycles. The predicted molar refractivity (Wildman–Crippen MR) is 70.9 cm³/mol. The fraction of sp³-hybridized carbons (Fsp3) is 0.385. The van der Waals surface area contributed by atoms with Crippen molar-refractivity contribution in [2.24, 2.45) is 11.5 Å². The van der Waals surface area contributed by atoms with Crippen LogP contribution in [0.1, 0.15) is 25.8 Å². The van der Waals surface area contributed by atoms with Crippen LogP contribution in [0.4, 0.5) is 5.69 Å². The van der Waals surface area contributed by atoms with E-state index in [1.54, 1.807) is 38.1 Å². The first kappa shape index (κ1) is 14.2. The molecule has 0 spiro atoms. The summed E-state index contributed by atoms with van der Waals surface area (Å²) in [5.74, 6) is -0.512. The maximum absolute atomic E-state index is 11.6. The van der Waals surface area contributed by atoms with E-state index in [4.69, 9.17) is 11.5 Å². The van der Waals surface area contributed by atoms with Crippen LogP contribution in [-0.4, -0.2) is 17.4 Å². The highest BCUT2D eigenvalue weighted by atomic mass is 16.2. The van der Waals surface area contributed by atoms with E-state index in [1.807, 2.05) is 0 Å². The summed E-state index contributed by atoms with van der Waals surface area (Å²) < 4.78 is 0. The standard InChI is InChI=1S/C13H19N3O2/c1-13(2,15)8-12(18)16-10-5-3-9(4-6-10)7-11(14)17/h3-6H,7-8,15H2,1-2H3,(H2,14,17)(H,16,18). The molecule has 1 rings (SSSR count). The van der Waals surface area contributed by atoms with E-state index in [1.165, 1.54) is 0 Å². The molecule has 0 aromatic heterocycles. The van der Waals surface area contributed by atoms with Crippen molar-refractivity contribution in [2.45, 2.75) is 32.2 Å². The van der Waals surface area contributed by atoms with Crippen LogP contribution in [0.2, 0.25) is 0 Å². The molecule has 1 aromatic carbocycles. The van der Waals surface area contributed by atoms with Crippen molar-refractivity contribution in [3.05, 3.63) is 29.8 Å². The number of nitrogens with two attached hydrogens (primary N) is 2. The lowest BCUT2D eigenvalue weighted by molar-refractivity contribution is -0.118. The first-order valence-electron chi connectivity index (χ1n) is 5.72. The third kappa shape index (κ3) is 5.45. The molecule has 98 valence electrons. The van der Waals surface area contributed by atoms with Crippen LogP contribution in [0, 0.1) is 0 Å². The summed E-state index contributed by atoms with van der Waals surface area (Å²) in [5.41, 5.74) is 11.8. The molecule has 5 heteroatoms. The maximum Gasteiger partial charge on any atom is 0.226 e. The molecule has 0 radical (unpaired) electrons. The van der Waals surface area contributed by atoms with Gasteiger partial charge in [0.1, 0.15) is 0 Å². The normalized spacial score (nSPS) is 11.1. The van der Waals surface area contributed by atoms with Crippen LogP contribution in [0.15, 0.2) is 24.3 Å². The molecular formula is C13H19N3O2. The Morgan fingerprint density at radius 2 is 1.78 bits per heavy atom. The van der Waals surface area contributed by atoms with Crippen molar-refractivity contribution in [1.29, 1.82) is 0 Å². The van der Waals surface area contributed by atoms with Crippen molar-refractivity contribution in [3.8, 4) is 0 Å². The number of primary amides is 1. The van der Waals surface area contributed by atoms with E-state index < -0.39 is 5.54 Å². The molecule has 0 heterocycles. The van der Waals surface area contributed by atoms with Gasteiger partial charge in [-0.25, -0.2) is 0 Å². The van der Waals surface area contributed by atoms with E-state index in [-0.39, 0.29) is 24.7 Å². The minimum Gasteiger partial charge on any atom is -0.369 e. The molecule has 0 fully saturated rings. The average molecular weight is 249 g/mol. The number of carbonyl (C=O) groups is 2. The van der Waals surface area contributed by atoms with Crippen LogP contribution >= 0.6 is 0 Å². The highest BCUT2D eigenvalue weighted by molar-refractivity contribution is 5.91. The molecule has 5 N–H and O–H groups in total. The lowest BCUT2D eigenvalue weighted by Crippen LogP contribution is -2.36. The predicted octanol–water partition coefficient (Wildman–Crippen LogP) is 0.780. The zero-order valence-corrected chi connectivity index (χ0v) is 10.7. The van der Waals surface area contributed by atoms with E-state index >= 15 is 0 Å². The SMILES string of the molecule is CC(C)(N)CC(=O)Nc1ccc(CC(N)=O)cc1. The van der Waals surface area contributed by atoms with Crippen LogP contribution in [0.5, 0.6) is 0 Å². The van der Waals surface area contributed by atoms with E-state index in [0.29, 0.717) is 5.69 Å². The molecule has 1 aromatic rings. The Labute approximate surface area is 107 Å². The van der Waals surface area contributed by atoms with Crippen molar-refractivity contribution >= 4 is 17.5 Å². The average Bonchev–Trinajstić information content (AvgIpc) is 2.17. The number of benzene rings is 1. The van der Waals surface area contributed by atoms with Gasteiger partial charge in [-0.1, -0.05) is 12.1 Å². The number of anilines is 1. The molecule has 0 aliphatic carbocycles. The van der Waals surface area contributed by atoms with Gasteiger partial charge >= 0.3 is 0 Å². The third-order valence-electron chi connectivity index (χ3n) is 2.23. The molecule has 2 amide bonds. The molecule has 0 atom stereocenters. The summed E-state index contributed by atoms with van der Waals surface area (Å²) in [4.78, 5) is 22.4. The second-order valence-electron chi connectivity index (χ2n) is 5.05. The molecular weight excluding hydrogens is 230 g/mol. The van der Waals surface area contributed by atoms with Gasteiger partial charge in [0.2, 0.25) is 11.8 Å². The molecule has 5 nitrogen and oxygen atoms in total. The lowest BCUT2D eigenvalue weighted by atomic mass is 10.0. The van der Waals surface area contributed by atoms with Gasteiger partial charge in [0.15, 0.2) is 0 Å². The van der Waals surface area contributed by atoms with E-state index in [0.717, 1.165) is 5.56 Å². The van der Waals surface area contributed by atoms with Crippen molar-refractivity contribution in [3.63, 3.8) is 0 Å². The number of hydrogen-bond acceptors (Lipinski definition) is 3. The Balaban J connectivity index is 2.58. The maximum atomic E-state index is 11.6. The van der Waals surface area contributed by atoms with Gasteiger partial charge in [-0.15, -0.1) is 0 Å². The Morgan fingerprint density at radius 1 is 1.22 bits per heavy atom. The van der Waals surface area contributed by atoms with Gasteiger partial charge < -0.3 is 16.8 Å². The summed E-state index contributed by atoms with van der Waals surface area (Å²) in [5, 5.41) is 2.74. The topological polar surface area (TPSA) is 98.2 Å². The van der Waals surface area contributed by atoms with Crippen LogP contribution in [0.3, 0.4) is 0 Å². The fourth-order valence-electron chi connectivity index (χ4n) is 1.53.